The van der Waals surface area contributed by atoms with Crippen LogP contribution in [0.25, 0.3) is 0 Å². The van der Waals surface area contributed by atoms with Crippen molar-refractivity contribution in [3.8, 4) is 0 Å². The molecule has 1 aromatic carbocycles. The molecule has 0 bridgehead atoms. The topological polar surface area (TPSA) is 87.0 Å². The molecule has 0 radical (unpaired) electrons. The van der Waals surface area contributed by atoms with Gasteiger partial charge in [-0.05, 0) is 32.0 Å². The Balaban J connectivity index is 1.90. The number of rotatable bonds is 4. The quantitative estimate of drug-likeness (QED) is 0.573. The Morgan fingerprint density at radius 2 is 1.52 bits per heavy atom. The van der Waals surface area contributed by atoms with Gasteiger partial charge in [-0.1, -0.05) is 19.3 Å². The van der Waals surface area contributed by atoms with Crippen LogP contribution in [-0.2, 0) is 10.0 Å². The number of nitrogens with zero attached hydrogens (tertiary/aromatic N) is 4. The van der Waals surface area contributed by atoms with Gasteiger partial charge in [-0.2, -0.15) is 4.31 Å². The van der Waals surface area contributed by atoms with Crippen LogP contribution in [0.3, 0.4) is 0 Å². The van der Waals surface area contributed by atoms with Crippen molar-refractivity contribution in [2.24, 2.45) is 0 Å². The molecule has 0 aromatic heterocycles. The van der Waals surface area contributed by atoms with Crippen molar-refractivity contribution in [2.75, 3.05) is 51.2 Å². The summed E-state index contributed by atoms with van der Waals surface area (Å²) in [7, 11) is -1.77. The summed E-state index contributed by atoms with van der Waals surface area (Å²) in [6.45, 7) is 3.66. The van der Waals surface area contributed by atoms with Crippen LogP contribution in [0, 0.1) is 10.1 Å². The third-order valence-electron chi connectivity index (χ3n) is 5.44. The Morgan fingerprint density at radius 3 is 2.11 bits per heavy atom. The lowest BCUT2D eigenvalue weighted by atomic mass is 10.1. The van der Waals surface area contributed by atoms with E-state index in [1.54, 1.807) is 6.07 Å². The maximum absolute atomic E-state index is 12.9. The molecule has 3 rings (SSSR count). The van der Waals surface area contributed by atoms with Crippen molar-refractivity contribution in [3.63, 3.8) is 0 Å². The first-order valence-electron chi connectivity index (χ1n) is 9.62. The molecule has 0 atom stereocenters. The molecule has 0 amide bonds. The number of hydrogen-bond donors (Lipinski definition) is 0. The van der Waals surface area contributed by atoms with E-state index in [2.05, 4.69) is 4.90 Å². The maximum atomic E-state index is 12.9. The number of nitro groups is 1. The molecule has 2 heterocycles. The van der Waals surface area contributed by atoms with Crippen LogP contribution in [0.2, 0.25) is 0 Å². The fourth-order valence-electron chi connectivity index (χ4n) is 3.74. The van der Waals surface area contributed by atoms with Gasteiger partial charge in [0.25, 0.3) is 5.69 Å². The predicted molar refractivity (Wildman–Crippen MR) is 105 cm³/mol. The van der Waals surface area contributed by atoms with Gasteiger partial charge >= 0.3 is 0 Å². The van der Waals surface area contributed by atoms with E-state index in [1.807, 2.05) is 11.9 Å². The van der Waals surface area contributed by atoms with Crippen molar-refractivity contribution in [1.82, 2.24) is 9.21 Å². The Morgan fingerprint density at radius 1 is 0.926 bits per heavy atom. The van der Waals surface area contributed by atoms with Crippen molar-refractivity contribution in [3.05, 3.63) is 28.3 Å². The van der Waals surface area contributed by atoms with E-state index in [0.29, 0.717) is 31.9 Å². The monoisotopic (exact) mass is 396 g/mol. The molecule has 1 aromatic rings. The maximum Gasteiger partial charge on any atom is 0.293 e. The fourth-order valence-corrected chi connectivity index (χ4v) is 5.19. The largest absolute Gasteiger partial charge is 0.366 e. The van der Waals surface area contributed by atoms with Gasteiger partial charge < -0.3 is 9.80 Å². The molecule has 9 heteroatoms. The molecular weight excluding hydrogens is 368 g/mol. The normalized spacial score (nSPS) is 20.9. The van der Waals surface area contributed by atoms with E-state index in [9.17, 15) is 18.5 Å². The average Bonchev–Trinajstić information content (AvgIpc) is 2.61. The number of anilines is 1. The lowest BCUT2D eigenvalue weighted by Crippen LogP contribution is -2.47. The van der Waals surface area contributed by atoms with Crippen LogP contribution in [0.5, 0.6) is 0 Å². The van der Waals surface area contributed by atoms with Crippen molar-refractivity contribution in [2.45, 2.75) is 37.0 Å². The van der Waals surface area contributed by atoms with E-state index in [1.165, 1.54) is 22.9 Å². The second kappa shape index (κ2) is 8.53. The van der Waals surface area contributed by atoms with Gasteiger partial charge in [-0.3, -0.25) is 10.1 Å². The van der Waals surface area contributed by atoms with Crippen molar-refractivity contribution >= 4 is 21.4 Å². The summed E-state index contributed by atoms with van der Waals surface area (Å²) in [6, 6.07) is 4.37. The van der Waals surface area contributed by atoms with E-state index in [-0.39, 0.29) is 10.6 Å². The molecule has 2 fully saturated rings. The number of benzene rings is 1. The van der Waals surface area contributed by atoms with Gasteiger partial charge in [0.1, 0.15) is 5.69 Å². The highest BCUT2D eigenvalue weighted by Gasteiger charge is 2.30. The second-order valence-corrected chi connectivity index (χ2v) is 9.31. The third kappa shape index (κ3) is 4.59. The summed E-state index contributed by atoms with van der Waals surface area (Å²) in [5.74, 6) is 0. The molecule has 2 aliphatic heterocycles. The first-order valence-corrected chi connectivity index (χ1v) is 11.1. The molecule has 8 nitrogen and oxygen atoms in total. The van der Waals surface area contributed by atoms with Crippen LogP contribution in [-0.4, -0.2) is 68.9 Å². The van der Waals surface area contributed by atoms with E-state index in [4.69, 9.17) is 0 Å². The smallest absolute Gasteiger partial charge is 0.293 e. The van der Waals surface area contributed by atoms with Crippen LogP contribution >= 0.6 is 0 Å². The van der Waals surface area contributed by atoms with Crippen molar-refractivity contribution in [1.29, 1.82) is 0 Å². The van der Waals surface area contributed by atoms with E-state index >= 15 is 0 Å². The Kier molecular flexibility index (Phi) is 6.33. The van der Waals surface area contributed by atoms with Gasteiger partial charge in [0.05, 0.1) is 9.82 Å². The summed E-state index contributed by atoms with van der Waals surface area (Å²) in [5.41, 5.74) is 0.407. The Labute approximate surface area is 160 Å². The predicted octanol–water partition coefficient (Wildman–Crippen LogP) is 2.30. The molecule has 0 spiro atoms. The van der Waals surface area contributed by atoms with Crippen LogP contribution in [0.15, 0.2) is 23.1 Å². The highest BCUT2D eigenvalue weighted by atomic mass is 32.2. The summed E-state index contributed by atoms with van der Waals surface area (Å²) in [5, 5.41) is 11.7. The summed E-state index contributed by atoms with van der Waals surface area (Å²) in [4.78, 5) is 15.3. The highest BCUT2D eigenvalue weighted by molar-refractivity contribution is 7.89. The first-order chi connectivity index (χ1) is 12.9. The van der Waals surface area contributed by atoms with Crippen molar-refractivity contribution < 1.29 is 13.3 Å². The van der Waals surface area contributed by atoms with Crippen LogP contribution < -0.4 is 4.90 Å². The molecule has 0 unspecified atom stereocenters. The number of likely N-dealkylation sites (N-methyl/N-ethyl adjacent to an activating group) is 1. The highest BCUT2D eigenvalue weighted by Crippen LogP contribution is 2.33. The van der Waals surface area contributed by atoms with Crippen LogP contribution in [0.1, 0.15) is 32.1 Å². The third-order valence-corrected chi connectivity index (χ3v) is 7.33. The zero-order valence-corrected chi connectivity index (χ0v) is 16.7. The number of nitro benzene ring substituents is 1. The number of sulfonamides is 1. The number of hydrogen-bond acceptors (Lipinski definition) is 6. The number of piperazine rings is 1. The van der Waals surface area contributed by atoms with Gasteiger partial charge in [-0.25, -0.2) is 8.42 Å². The van der Waals surface area contributed by atoms with Crippen LogP contribution in [0.4, 0.5) is 11.4 Å². The molecular formula is C18H28N4O4S. The summed E-state index contributed by atoms with van der Waals surface area (Å²) >= 11 is 0. The van der Waals surface area contributed by atoms with Gasteiger partial charge in [0, 0.05) is 45.3 Å². The molecule has 0 N–H and O–H groups in total. The molecule has 27 heavy (non-hydrogen) atoms. The summed E-state index contributed by atoms with van der Waals surface area (Å²) < 4.78 is 27.3. The zero-order chi connectivity index (χ0) is 19.4. The fraction of sp³-hybridized carbons (Fsp3) is 0.667. The lowest BCUT2D eigenvalue weighted by molar-refractivity contribution is -0.384. The van der Waals surface area contributed by atoms with Gasteiger partial charge in [0.15, 0.2) is 0 Å². The van der Waals surface area contributed by atoms with E-state index < -0.39 is 14.9 Å². The second-order valence-electron chi connectivity index (χ2n) is 7.37. The van der Waals surface area contributed by atoms with Gasteiger partial charge in [-0.15, -0.1) is 0 Å². The SMILES string of the molecule is CN1CCN(S(=O)(=O)c2ccc(N3CCCCCCC3)c([N+](=O)[O-])c2)CC1. The molecule has 2 saturated heterocycles. The molecule has 2 aliphatic rings. The Bertz CT molecular complexity index is 768. The van der Waals surface area contributed by atoms with E-state index in [0.717, 1.165) is 38.8 Å². The minimum absolute atomic E-state index is 0.00884. The average molecular weight is 397 g/mol. The molecule has 150 valence electrons. The minimum atomic E-state index is -3.72. The zero-order valence-electron chi connectivity index (χ0n) is 15.8. The first kappa shape index (κ1) is 20.0. The molecule has 0 saturated carbocycles. The molecule has 0 aliphatic carbocycles. The minimum Gasteiger partial charge on any atom is -0.366 e. The Hall–Kier alpha value is -1.71. The van der Waals surface area contributed by atoms with Gasteiger partial charge in [0.2, 0.25) is 10.0 Å². The standard InChI is InChI=1S/C18H28N4O4S/c1-19-11-13-21(14-12-19)27(25,26)16-7-8-17(18(15-16)22(23)24)20-9-5-3-2-4-6-10-20/h7-8,15H,2-6,9-14H2,1H3. The summed E-state index contributed by atoms with van der Waals surface area (Å²) in [6.07, 6.45) is 5.45. The lowest BCUT2D eigenvalue weighted by Gasteiger charge is -2.31.